The van der Waals surface area contributed by atoms with E-state index in [0.29, 0.717) is 0 Å². The first-order chi connectivity index (χ1) is 10.9. The summed E-state index contributed by atoms with van der Waals surface area (Å²) in [6.07, 6.45) is -5.31. The van der Waals surface area contributed by atoms with Crippen LogP contribution in [0.1, 0.15) is 0 Å². The summed E-state index contributed by atoms with van der Waals surface area (Å²) in [5.41, 5.74) is 0. The highest BCUT2D eigenvalue weighted by Crippen LogP contribution is 2.15. The van der Waals surface area contributed by atoms with Crippen molar-refractivity contribution in [3.63, 3.8) is 0 Å². The van der Waals surface area contributed by atoms with Crippen molar-refractivity contribution in [3.05, 3.63) is 0 Å². The number of halogens is 14. The molecule has 0 aliphatic heterocycles. The number of alkyl halides is 12. The molecule has 0 saturated carbocycles. The van der Waals surface area contributed by atoms with Crippen molar-refractivity contribution in [2.24, 2.45) is 0 Å². The normalized spacial score (nSPS) is 7.92. The van der Waals surface area contributed by atoms with E-state index in [-0.39, 0.29) is 0 Å². The number of hydrogen-bond donors (Lipinski definition) is 0. The highest BCUT2D eigenvalue weighted by atomic mass is 19.4. The largest absolute Gasteiger partial charge is 0.483 e. The lowest BCUT2D eigenvalue weighted by atomic mass is 10.7. The Hall–Kier alpha value is -1.64. The minimum Gasteiger partial charge on any atom is -0.258 e. The topological polar surface area (TPSA) is 34.1 Å². The van der Waals surface area contributed by atoms with Crippen LogP contribution in [-0.2, 0) is 9.59 Å². The van der Waals surface area contributed by atoms with Crippen LogP contribution in [0.2, 0.25) is 0 Å². The average molecular weight is 404 g/mol. The van der Waals surface area contributed by atoms with Crippen molar-refractivity contribution < 1.29 is 71.1 Å². The standard InChI is InChI=1S/C2F4O.C2H2F2O.4CH2F2/c3-1(7)2(4,5)6;3-1-2(4)5;4*2-1-3/h;1H2;4*1H2. The van der Waals surface area contributed by atoms with Crippen molar-refractivity contribution in [3.8, 4) is 0 Å². The fourth-order valence-electron chi connectivity index (χ4n) is 0. The molecule has 0 radical (unpaired) electrons. The number of rotatable bonds is 1. The predicted octanol–water partition coefficient (Wildman–Crippen LogP) is 5.03. The third-order valence-corrected chi connectivity index (χ3v) is 0.328. The Morgan fingerprint density at radius 1 is 0.583 bits per heavy atom. The van der Waals surface area contributed by atoms with E-state index in [1.165, 1.54) is 0 Å². The van der Waals surface area contributed by atoms with Crippen LogP contribution in [-0.4, -0.2) is 52.6 Å². The molecule has 0 fully saturated rings. The van der Waals surface area contributed by atoms with Crippen LogP contribution in [0.25, 0.3) is 0 Å². The maximum Gasteiger partial charge on any atom is 0.483 e. The molecular formula is C8H10F14O2. The maximum absolute atomic E-state index is 10.5. The zero-order valence-electron chi connectivity index (χ0n) is 11.1. The SMILES string of the molecule is FCF.FCF.FCF.FCF.O=C(F)C(F)(F)F.O=C(F)CF. The molecule has 0 aromatic carbocycles. The first kappa shape index (κ1) is 38.1. The molecule has 0 spiro atoms. The highest BCUT2D eigenvalue weighted by molar-refractivity contribution is 5.74. The lowest BCUT2D eigenvalue weighted by Gasteiger charge is -1.91. The zero-order chi connectivity index (χ0) is 21.2. The average Bonchev–Trinajstić information content (AvgIpc) is 2.41. The van der Waals surface area contributed by atoms with Crippen LogP contribution in [0, 0.1) is 0 Å². The van der Waals surface area contributed by atoms with Gasteiger partial charge in [0.2, 0.25) is 27.7 Å². The summed E-state index contributed by atoms with van der Waals surface area (Å²) in [5, 5.41) is 0. The third-order valence-electron chi connectivity index (χ3n) is 0.328. The van der Waals surface area contributed by atoms with Gasteiger partial charge in [-0.1, -0.05) is 0 Å². The second-order valence-electron chi connectivity index (χ2n) is 1.66. The molecule has 24 heavy (non-hydrogen) atoms. The molecule has 2 nitrogen and oxygen atoms in total. The van der Waals surface area contributed by atoms with E-state index in [1.54, 1.807) is 0 Å². The molecule has 0 atom stereocenters. The van der Waals surface area contributed by atoms with Gasteiger partial charge in [-0.05, 0) is 0 Å². The first-order valence-electron chi connectivity index (χ1n) is 4.36. The van der Waals surface area contributed by atoms with Crippen LogP contribution in [0.4, 0.5) is 61.5 Å². The molecule has 0 aromatic heterocycles. The second kappa shape index (κ2) is 37.5. The molecular weight excluding hydrogens is 394 g/mol. The van der Waals surface area contributed by atoms with Gasteiger partial charge in [0.15, 0.2) is 6.67 Å². The van der Waals surface area contributed by atoms with Gasteiger partial charge in [0.1, 0.15) is 0 Å². The molecule has 0 rings (SSSR count). The summed E-state index contributed by atoms with van der Waals surface area (Å²) in [7, 11) is 0. The van der Waals surface area contributed by atoms with Gasteiger partial charge in [0, 0.05) is 0 Å². The quantitative estimate of drug-likeness (QED) is 0.454. The Morgan fingerprint density at radius 3 is 0.667 bits per heavy atom. The van der Waals surface area contributed by atoms with Crippen molar-refractivity contribution in [1.29, 1.82) is 0 Å². The van der Waals surface area contributed by atoms with E-state index >= 15 is 0 Å². The predicted molar refractivity (Wildman–Crippen MR) is 52.6 cm³/mol. The molecule has 0 aliphatic rings. The molecule has 16 heteroatoms. The van der Waals surface area contributed by atoms with Crippen LogP contribution in [0.3, 0.4) is 0 Å². The lowest BCUT2D eigenvalue weighted by molar-refractivity contribution is -0.183. The van der Waals surface area contributed by atoms with Gasteiger partial charge in [-0.15, -0.1) is 0 Å². The molecule has 0 aliphatic carbocycles. The summed E-state index contributed by atoms with van der Waals surface area (Å²) in [6, 6.07) is -5.17. The Morgan fingerprint density at radius 2 is 0.667 bits per heavy atom. The minimum absolute atomic E-state index is 1.50. The molecule has 152 valence electrons. The Balaban J connectivity index is -0.0000000425. The lowest BCUT2D eigenvalue weighted by Crippen LogP contribution is -2.16. The van der Waals surface area contributed by atoms with Gasteiger partial charge < -0.3 is 0 Å². The zero-order valence-corrected chi connectivity index (χ0v) is 11.1. The molecule has 0 unspecified atom stereocenters. The van der Waals surface area contributed by atoms with Gasteiger partial charge >= 0.3 is 18.3 Å². The molecule has 0 bridgehead atoms. The van der Waals surface area contributed by atoms with Crippen LogP contribution >= 0.6 is 0 Å². The minimum atomic E-state index is -5.31. The van der Waals surface area contributed by atoms with Crippen LogP contribution in [0.15, 0.2) is 0 Å². The van der Waals surface area contributed by atoms with Crippen molar-refractivity contribution in [2.45, 2.75) is 6.18 Å². The van der Waals surface area contributed by atoms with Gasteiger partial charge in [0.25, 0.3) is 0 Å². The monoisotopic (exact) mass is 404 g/mol. The van der Waals surface area contributed by atoms with Gasteiger partial charge in [-0.2, -0.15) is 22.0 Å². The highest BCUT2D eigenvalue weighted by Gasteiger charge is 2.38. The van der Waals surface area contributed by atoms with E-state index in [2.05, 4.69) is 0 Å². The number of carbonyl (C=O) groups is 2. The second-order valence-corrected chi connectivity index (χ2v) is 1.66. The maximum atomic E-state index is 10.5. The van der Waals surface area contributed by atoms with Gasteiger partial charge in [-0.3, -0.25) is 9.59 Å². The van der Waals surface area contributed by atoms with Crippen LogP contribution in [0.5, 0.6) is 0 Å². The van der Waals surface area contributed by atoms with E-state index < -0.39 is 52.6 Å². The van der Waals surface area contributed by atoms with E-state index in [4.69, 9.17) is 9.59 Å². The summed E-state index contributed by atoms with van der Waals surface area (Å²) >= 11 is 0. The Kier molecular flexibility index (Phi) is 59.6. The molecule has 0 aromatic rings. The summed E-state index contributed by atoms with van der Waals surface area (Å²) in [5.74, 6) is 0. The first-order valence-corrected chi connectivity index (χ1v) is 4.36. The summed E-state index contributed by atoms with van der Waals surface area (Å²) < 4.78 is 140. The third kappa shape index (κ3) is 189. The van der Waals surface area contributed by atoms with Crippen molar-refractivity contribution >= 4 is 12.1 Å². The van der Waals surface area contributed by atoms with E-state index in [0.717, 1.165) is 0 Å². The molecule has 0 amide bonds. The van der Waals surface area contributed by atoms with Crippen LogP contribution < -0.4 is 0 Å². The van der Waals surface area contributed by atoms with Crippen molar-refractivity contribution in [2.75, 3.05) is 34.4 Å². The van der Waals surface area contributed by atoms with Gasteiger partial charge in [-0.25, -0.2) is 39.5 Å². The van der Waals surface area contributed by atoms with E-state index in [9.17, 15) is 61.5 Å². The molecule has 0 N–H and O–H groups in total. The smallest absolute Gasteiger partial charge is 0.258 e. The van der Waals surface area contributed by atoms with Crippen molar-refractivity contribution in [1.82, 2.24) is 0 Å². The summed E-state index contributed by atoms with van der Waals surface area (Å²) in [4.78, 5) is 17.4. The summed E-state index contributed by atoms with van der Waals surface area (Å²) in [6.45, 7) is -8.50. The fraction of sp³-hybridized carbons (Fsp3) is 0.750. The Labute approximate surface area is 125 Å². The van der Waals surface area contributed by atoms with E-state index in [1.807, 2.05) is 0 Å². The molecule has 0 heterocycles. The molecule has 0 saturated heterocycles. The number of carbonyl (C=O) groups excluding carboxylic acids is 2. The number of hydrogen-bond acceptors (Lipinski definition) is 2. The van der Waals surface area contributed by atoms with Gasteiger partial charge in [0.05, 0.1) is 0 Å². The Bertz CT molecular complexity index is 213. The fourth-order valence-corrected chi connectivity index (χ4v) is 0.